The lowest BCUT2D eigenvalue weighted by atomic mass is 10.2. The zero-order valence-corrected chi connectivity index (χ0v) is 12.4. The molecular formula is C13H15N5O6. The van der Waals surface area contributed by atoms with Crippen LogP contribution in [0, 0.1) is 0 Å². The molecule has 4 N–H and O–H groups in total. The Labute approximate surface area is 135 Å². The number of ether oxygens (including phenoxy) is 2. The maximum Gasteiger partial charge on any atom is 0.344 e. The summed E-state index contributed by atoms with van der Waals surface area (Å²) in [6.07, 6.45) is 1.37. The Morgan fingerprint density at radius 2 is 2.08 bits per heavy atom. The Morgan fingerprint density at radius 1 is 1.33 bits per heavy atom. The maximum absolute atomic E-state index is 10.8. The number of carboxylic acid groups (broad SMARTS) is 2. The van der Waals surface area contributed by atoms with Crippen molar-refractivity contribution in [2.75, 3.05) is 12.3 Å². The number of anilines is 1. The maximum atomic E-state index is 10.8. The van der Waals surface area contributed by atoms with E-state index in [9.17, 15) is 9.59 Å². The molecule has 1 saturated heterocycles. The van der Waals surface area contributed by atoms with E-state index in [2.05, 4.69) is 15.0 Å². The number of fused-ring (bicyclic) bond motifs is 1. The summed E-state index contributed by atoms with van der Waals surface area (Å²) in [7, 11) is 0. The highest BCUT2D eigenvalue weighted by molar-refractivity contribution is 5.96. The van der Waals surface area contributed by atoms with Gasteiger partial charge in [0.05, 0.1) is 19.0 Å². The third-order valence-electron chi connectivity index (χ3n) is 3.68. The van der Waals surface area contributed by atoms with E-state index in [-0.39, 0.29) is 18.7 Å². The zero-order chi connectivity index (χ0) is 17.3. The number of nitrogens with two attached hydrogens (primary N) is 1. The Balaban J connectivity index is 1.66. The summed E-state index contributed by atoms with van der Waals surface area (Å²) < 4.78 is 12.4. The topological polar surface area (TPSA) is 163 Å². The number of carboxylic acids is 2. The van der Waals surface area contributed by atoms with Crippen molar-refractivity contribution in [2.24, 2.45) is 0 Å². The van der Waals surface area contributed by atoms with Gasteiger partial charge in [-0.1, -0.05) is 0 Å². The SMILES string of the molecule is Nc1ncnc2c1ncn2C1CCC(COC(C(=O)O)C(=O)O)O1. The van der Waals surface area contributed by atoms with Crippen molar-refractivity contribution in [3.05, 3.63) is 12.7 Å². The van der Waals surface area contributed by atoms with Crippen molar-refractivity contribution in [3.8, 4) is 0 Å². The summed E-state index contributed by atoms with van der Waals surface area (Å²) in [5.41, 5.74) is 6.73. The van der Waals surface area contributed by atoms with E-state index < -0.39 is 24.1 Å². The van der Waals surface area contributed by atoms with Gasteiger partial charge in [-0.05, 0) is 12.8 Å². The van der Waals surface area contributed by atoms with Gasteiger partial charge in [0.2, 0.25) is 0 Å². The Kier molecular flexibility index (Phi) is 4.27. The fraction of sp³-hybridized carbons (Fsp3) is 0.462. The van der Waals surface area contributed by atoms with Crippen LogP contribution in [0.1, 0.15) is 19.1 Å². The van der Waals surface area contributed by atoms with Gasteiger partial charge in [0.1, 0.15) is 18.1 Å². The molecule has 2 aromatic rings. The lowest BCUT2D eigenvalue weighted by Gasteiger charge is -2.16. The highest BCUT2D eigenvalue weighted by Gasteiger charge is 2.32. The molecule has 1 fully saturated rings. The van der Waals surface area contributed by atoms with Gasteiger partial charge < -0.3 is 25.4 Å². The van der Waals surface area contributed by atoms with Crippen molar-refractivity contribution in [3.63, 3.8) is 0 Å². The van der Waals surface area contributed by atoms with Crippen LogP contribution in [-0.2, 0) is 19.1 Å². The predicted molar refractivity (Wildman–Crippen MR) is 77.9 cm³/mol. The van der Waals surface area contributed by atoms with E-state index in [0.717, 1.165) is 0 Å². The first-order valence-corrected chi connectivity index (χ1v) is 7.13. The van der Waals surface area contributed by atoms with Gasteiger partial charge in [-0.15, -0.1) is 0 Å². The van der Waals surface area contributed by atoms with E-state index in [1.807, 2.05) is 0 Å². The van der Waals surface area contributed by atoms with Gasteiger partial charge in [0.25, 0.3) is 6.10 Å². The summed E-state index contributed by atoms with van der Waals surface area (Å²) >= 11 is 0. The monoisotopic (exact) mass is 337 g/mol. The molecule has 1 aliphatic heterocycles. The zero-order valence-electron chi connectivity index (χ0n) is 12.4. The van der Waals surface area contributed by atoms with Crippen LogP contribution in [0.3, 0.4) is 0 Å². The first kappa shape index (κ1) is 16.1. The van der Waals surface area contributed by atoms with Gasteiger partial charge in [0.15, 0.2) is 11.5 Å². The van der Waals surface area contributed by atoms with Crippen molar-refractivity contribution in [1.82, 2.24) is 19.5 Å². The molecule has 3 rings (SSSR count). The second-order valence-corrected chi connectivity index (χ2v) is 5.26. The Bertz CT molecular complexity index is 763. The molecule has 11 nitrogen and oxygen atoms in total. The van der Waals surface area contributed by atoms with Gasteiger partial charge in [-0.25, -0.2) is 24.5 Å². The fourth-order valence-corrected chi connectivity index (χ4v) is 2.55. The standard InChI is InChI=1S/C13H15N5O6/c14-10-8-11(16-4-15-10)18(5-17-8)7-2-1-6(24-7)3-23-9(12(19)20)13(21)22/h4-7,9H,1-3H2,(H,19,20)(H,21,22)(H2,14,15,16). The van der Waals surface area contributed by atoms with Crippen LogP contribution in [0.25, 0.3) is 11.2 Å². The minimum atomic E-state index is -1.91. The largest absolute Gasteiger partial charge is 0.479 e. The number of hydrogen-bond donors (Lipinski definition) is 3. The molecule has 3 heterocycles. The number of hydrogen-bond acceptors (Lipinski definition) is 8. The van der Waals surface area contributed by atoms with Crippen molar-refractivity contribution < 1.29 is 29.3 Å². The quantitative estimate of drug-likeness (QED) is 0.593. The molecule has 0 amide bonds. The highest BCUT2D eigenvalue weighted by atomic mass is 16.6. The molecule has 2 atom stereocenters. The second kappa shape index (κ2) is 6.37. The fourth-order valence-electron chi connectivity index (χ4n) is 2.55. The van der Waals surface area contributed by atoms with Crippen LogP contribution in [0.4, 0.5) is 5.82 Å². The Morgan fingerprint density at radius 3 is 2.79 bits per heavy atom. The summed E-state index contributed by atoms with van der Waals surface area (Å²) in [5, 5.41) is 17.6. The van der Waals surface area contributed by atoms with Crippen LogP contribution in [0.5, 0.6) is 0 Å². The summed E-state index contributed by atoms with van der Waals surface area (Å²) in [4.78, 5) is 33.7. The van der Waals surface area contributed by atoms with Crippen LogP contribution in [-0.4, -0.2) is 60.5 Å². The highest BCUT2D eigenvalue weighted by Crippen LogP contribution is 2.31. The third-order valence-corrected chi connectivity index (χ3v) is 3.68. The molecule has 128 valence electrons. The van der Waals surface area contributed by atoms with Gasteiger partial charge in [-0.2, -0.15) is 0 Å². The minimum Gasteiger partial charge on any atom is -0.479 e. The third kappa shape index (κ3) is 2.98. The Hall–Kier alpha value is -2.79. The molecule has 0 aromatic carbocycles. The average molecular weight is 337 g/mol. The molecule has 0 bridgehead atoms. The van der Waals surface area contributed by atoms with Gasteiger partial charge >= 0.3 is 11.9 Å². The van der Waals surface area contributed by atoms with E-state index >= 15 is 0 Å². The molecule has 2 aromatic heterocycles. The van der Waals surface area contributed by atoms with E-state index in [4.69, 9.17) is 25.4 Å². The number of nitrogen functional groups attached to an aromatic ring is 1. The van der Waals surface area contributed by atoms with Gasteiger partial charge in [-0.3, -0.25) is 4.57 Å². The molecule has 0 saturated carbocycles. The number of imidazole rings is 1. The molecule has 24 heavy (non-hydrogen) atoms. The molecule has 0 aliphatic carbocycles. The summed E-state index contributed by atoms with van der Waals surface area (Å²) in [6.45, 7) is -0.135. The van der Waals surface area contributed by atoms with E-state index in [1.165, 1.54) is 6.33 Å². The van der Waals surface area contributed by atoms with Crippen molar-refractivity contribution in [1.29, 1.82) is 0 Å². The lowest BCUT2D eigenvalue weighted by Crippen LogP contribution is -2.35. The molecule has 2 unspecified atom stereocenters. The van der Waals surface area contributed by atoms with Crippen molar-refractivity contribution >= 4 is 28.9 Å². The number of aliphatic carboxylic acids is 2. The van der Waals surface area contributed by atoms with Crippen LogP contribution in [0.15, 0.2) is 12.7 Å². The summed E-state index contributed by atoms with van der Waals surface area (Å²) in [6, 6.07) is 0. The molecule has 0 radical (unpaired) electrons. The molecule has 1 aliphatic rings. The number of rotatable bonds is 6. The summed E-state index contributed by atoms with van der Waals surface area (Å²) in [5.74, 6) is -2.84. The van der Waals surface area contributed by atoms with Crippen LogP contribution in [0.2, 0.25) is 0 Å². The number of carbonyl (C=O) groups is 2. The minimum absolute atomic E-state index is 0.135. The van der Waals surface area contributed by atoms with Crippen LogP contribution < -0.4 is 5.73 Å². The first-order valence-electron chi connectivity index (χ1n) is 7.13. The lowest BCUT2D eigenvalue weighted by molar-refractivity contribution is -0.168. The van der Waals surface area contributed by atoms with E-state index in [0.29, 0.717) is 24.0 Å². The normalized spacial score (nSPS) is 20.7. The molecule has 0 spiro atoms. The van der Waals surface area contributed by atoms with Gasteiger partial charge in [0, 0.05) is 0 Å². The van der Waals surface area contributed by atoms with E-state index in [1.54, 1.807) is 10.9 Å². The number of aromatic nitrogens is 4. The molecular weight excluding hydrogens is 322 g/mol. The predicted octanol–water partition coefficient (Wildman–Crippen LogP) is -0.359. The number of nitrogens with zero attached hydrogens (tertiary/aromatic N) is 4. The average Bonchev–Trinajstić information content (AvgIpc) is 3.13. The second-order valence-electron chi connectivity index (χ2n) is 5.26. The van der Waals surface area contributed by atoms with Crippen LogP contribution >= 0.6 is 0 Å². The van der Waals surface area contributed by atoms with Crippen molar-refractivity contribution in [2.45, 2.75) is 31.3 Å². The molecule has 11 heteroatoms. The first-order chi connectivity index (χ1) is 11.5. The smallest absolute Gasteiger partial charge is 0.344 e.